The fraction of sp³-hybridized carbons (Fsp3) is 0.700. The van der Waals surface area contributed by atoms with Crippen molar-refractivity contribution in [3.8, 4) is 0 Å². The number of hydrogen-bond acceptors (Lipinski definition) is 3. The molecule has 1 aliphatic heterocycles. The average molecular weight is 319 g/mol. The number of aryl methyl sites for hydroxylation is 1. The normalized spacial score (nSPS) is 18.2. The van der Waals surface area contributed by atoms with Crippen molar-refractivity contribution in [2.45, 2.75) is 51.6 Å². The minimum Gasteiger partial charge on any atom is -0.388 e. The van der Waals surface area contributed by atoms with Gasteiger partial charge in [0.2, 0.25) is 0 Å². The van der Waals surface area contributed by atoms with Crippen LogP contribution in [-0.4, -0.2) is 54.7 Å². The summed E-state index contributed by atoms with van der Waals surface area (Å²) in [5.41, 5.74) is 2.47. The van der Waals surface area contributed by atoms with E-state index < -0.39 is 0 Å². The molecule has 23 heavy (non-hydrogen) atoms. The number of hydrogen-bond donors (Lipinski definition) is 1. The molecule has 1 atom stereocenters. The maximum atomic E-state index is 10.4. The molecule has 1 N–H and O–H groups in total. The van der Waals surface area contributed by atoms with Crippen LogP contribution in [0.5, 0.6) is 0 Å². The lowest BCUT2D eigenvalue weighted by Crippen LogP contribution is -2.44. The first-order valence-corrected chi connectivity index (χ1v) is 9.37. The Morgan fingerprint density at radius 1 is 1.00 bits per heavy atom. The predicted molar refractivity (Wildman–Crippen MR) is 97.8 cm³/mol. The van der Waals surface area contributed by atoms with Crippen molar-refractivity contribution in [3.05, 3.63) is 35.4 Å². The summed E-state index contributed by atoms with van der Waals surface area (Å²) in [6.07, 6.45) is 6.90. The number of aliphatic hydroxyl groups is 1. The molecule has 0 spiro atoms. The van der Waals surface area contributed by atoms with E-state index in [9.17, 15) is 5.11 Å². The standard InChI is InChI=1S/C20H34N2O/c1-3-4-5-6-7-18-8-10-19(11-9-18)20(23)12-13-22-16-14-21(2)15-17-22/h8-11,20,23H,3-7,12-17H2,1-2H3. The van der Waals surface area contributed by atoms with Gasteiger partial charge >= 0.3 is 0 Å². The molecule has 0 bridgehead atoms. The van der Waals surface area contributed by atoms with Crippen molar-refractivity contribution in [2.24, 2.45) is 0 Å². The fourth-order valence-corrected chi connectivity index (χ4v) is 3.21. The molecule has 1 heterocycles. The lowest BCUT2D eigenvalue weighted by molar-refractivity contribution is 0.113. The van der Waals surface area contributed by atoms with Gasteiger partial charge in [-0.15, -0.1) is 0 Å². The van der Waals surface area contributed by atoms with Crippen LogP contribution in [0.25, 0.3) is 0 Å². The SMILES string of the molecule is CCCCCCc1ccc(C(O)CCN2CCN(C)CC2)cc1. The second-order valence-corrected chi connectivity index (χ2v) is 7.00. The quantitative estimate of drug-likeness (QED) is 0.706. The van der Waals surface area contributed by atoms with Gasteiger partial charge in [-0.2, -0.15) is 0 Å². The largest absolute Gasteiger partial charge is 0.388 e. The highest BCUT2D eigenvalue weighted by atomic mass is 16.3. The highest BCUT2D eigenvalue weighted by molar-refractivity contribution is 5.24. The maximum Gasteiger partial charge on any atom is 0.0802 e. The Morgan fingerprint density at radius 2 is 1.70 bits per heavy atom. The van der Waals surface area contributed by atoms with Gasteiger partial charge < -0.3 is 14.9 Å². The van der Waals surface area contributed by atoms with Crippen molar-refractivity contribution in [1.82, 2.24) is 9.80 Å². The molecule has 130 valence electrons. The molecule has 1 aromatic rings. The van der Waals surface area contributed by atoms with Crippen LogP contribution in [0.3, 0.4) is 0 Å². The van der Waals surface area contributed by atoms with Gasteiger partial charge in [-0.25, -0.2) is 0 Å². The Balaban J connectivity index is 1.70. The second kappa shape index (κ2) is 10.1. The van der Waals surface area contributed by atoms with Gasteiger partial charge in [0.15, 0.2) is 0 Å². The van der Waals surface area contributed by atoms with E-state index in [-0.39, 0.29) is 6.10 Å². The molecule has 0 aromatic heterocycles. The van der Waals surface area contributed by atoms with E-state index in [1.807, 2.05) is 0 Å². The molecule has 3 nitrogen and oxygen atoms in total. The van der Waals surface area contributed by atoms with E-state index in [0.29, 0.717) is 0 Å². The van der Waals surface area contributed by atoms with Gasteiger partial charge in [0, 0.05) is 32.7 Å². The highest BCUT2D eigenvalue weighted by Crippen LogP contribution is 2.19. The molecule has 1 aliphatic rings. The van der Waals surface area contributed by atoms with Crippen LogP contribution in [0.1, 0.15) is 56.3 Å². The van der Waals surface area contributed by atoms with Crippen LogP contribution in [0.4, 0.5) is 0 Å². The van der Waals surface area contributed by atoms with Crippen molar-refractivity contribution in [3.63, 3.8) is 0 Å². The van der Waals surface area contributed by atoms with Crippen molar-refractivity contribution in [1.29, 1.82) is 0 Å². The third-order valence-electron chi connectivity index (χ3n) is 5.00. The lowest BCUT2D eigenvalue weighted by Gasteiger charge is -2.32. The minimum absolute atomic E-state index is 0.330. The fourth-order valence-electron chi connectivity index (χ4n) is 3.21. The molecule has 1 unspecified atom stereocenters. The van der Waals surface area contributed by atoms with Crippen LogP contribution in [-0.2, 0) is 6.42 Å². The van der Waals surface area contributed by atoms with E-state index in [0.717, 1.165) is 51.1 Å². The number of benzene rings is 1. The zero-order valence-corrected chi connectivity index (χ0v) is 15.0. The Hall–Kier alpha value is -0.900. The maximum absolute atomic E-state index is 10.4. The topological polar surface area (TPSA) is 26.7 Å². The smallest absolute Gasteiger partial charge is 0.0802 e. The zero-order valence-electron chi connectivity index (χ0n) is 15.0. The number of aliphatic hydroxyl groups excluding tert-OH is 1. The van der Waals surface area contributed by atoms with Crippen molar-refractivity contribution in [2.75, 3.05) is 39.8 Å². The summed E-state index contributed by atoms with van der Waals surface area (Å²) >= 11 is 0. The Kier molecular flexibility index (Phi) is 8.07. The summed E-state index contributed by atoms with van der Waals surface area (Å²) in [6, 6.07) is 8.62. The van der Waals surface area contributed by atoms with Gasteiger partial charge in [-0.1, -0.05) is 50.5 Å². The van der Waals surface area contributed by atoms with E-state index in [2.05, 4.69) is 48.0 Å². The van der Waals surface area contributed by atoms with Gasteiger partial charge in [-0.3, -0.25) is 0 Å². The summed E-state index contributed by atoms with van der Waals surface area (Å²) in [5.74, 6) is 0. The molecular formula is C20H34N2O. The van der Waals surface area contributed by atoms with Crippen LogP contribution in [0, 0.1) is 0 Å². The third-order valence-corrected chi connectivity index (χ3v) is 5.00. The Morgan fingerprint density at radius 3 is 2.35 bits per heavy atom. The number of rotatable bonds is 9. The van der Waals surface area contributed by atoms with Crippen molar-refractivity contribution >= 4 is 0 Å². The predicted octanol–water partition coefficient (Wildman–Crippen LogP) is 3.48. The van der Waals surface area contributed by atoms with Gasteiger partial charge in [0.05, 0.1) is 6.10 Å². The number of piperazine rings is 1. The average Bonchev–Trinajstić information content (AvgIpc) is 2.58. The number of nitrogens with zero attached hydrogens (tertiary/aromatic N) is 2. The monoisotopic (exact) mass is 318 g/mol. The van der Waals surface area contributed by atoms with Crippen LogP contribution < -0.4 is 0 Å². The third kappa shape index (κ3) is 6.62. The molecule has 0 radical (unpaired) electrons. The highest BCUT2D eigenvalue weighted by Gasteiger charge is 2.15. The number of likely N-dealkylation sites (N-methyl/N-ethyl adjacent to an activating group) is 1. The van der Waals surface area contributed by atoms with Gasteiger partial charge in [-0.05, 0) is 37.4 Å². The molecule has 1 fully saturated rings. The van der Waals surface area contributed by atoms with E-state index in [1.54, 1.807) is 0 Å². The lowest BCUT2D eigenvalue weighted by atomic mass is 10.0. The molecule has 1 saturated heterocycles. The van der Waals surface area contributed by atoms with Gasteiger partial charge in [0.1, 0.15) is 0 Å². The summed E-state index contributed by atoms with van der Waals surface area (Å²) in [5, 5.41) is 10.4. The second-order valence-electron chi connectivity index (χ2n) is 7.00. The first kappa shape index (κ1) is 18.4. The zero-order chi connectivity index (χ0) is 16.5. The first-order chi connectivity index (χ1) is 11.2. The molecule has 0 aliphatic carbocycles. The van der Waals surface area contributed by atoms with E-state index in [4.69, 9.17) is 0 Å². The molecule has 3 heteroatoms. The first-order valence-electron chi connectivity index (χ1n) is 9.37. The molecule has 0 amide bonds. The van der Waals surface area contributed by atoms with E-state index >= 15 is 0 Å². The van der Waals surface area contributed by atoms with E-state index in [1.165, 1.54) is 31.2 Å². The van der Waals surface area contributed by atoms with Crippen LogP contribution in [0.15, 0.2) is 24.3 Å². The van der Waals surface area contributed by atoms with Gasteiger partial charge in [0.25, 0.3) is 0 Å². The summed E-state index contributed by atoms with van der Waals surface area (Å²) < 4.78 is 0. The molecular weight excluding hydrogens is 284 g/mol. The van der Waals surface area contributed by atoms with Crippen LogP contribution >= 0.6 is 0 Å². The van der Waals surface area contributed by atoms with Crippen LogP contribution in [0.2, 0.25) is 0 Å². The summed E-state index contributed by atoms with van der Waals surface area (Å²) in [4.78, 5) is 4.83. The molecule has 1 aromatic carbocycles. The Labute approximate surface area is 142 Å². The van der Waals surface area contributed by atoms with Crippen molar-refractivity contribution < 1.29 is 5.11 Å². The molecule has 0 saturated carbocycles. The number of unbranched alkanes of at least 4 members (excludes halogenated alkanes) is 3. The Bertz CT molecular complexity index is 424. The minimum atomic E-state index is -0.330. The molecule has 2 rings (SSSR count). The summed E-state index contributed by atoms with van der Waals surface area (Å²) in [7, 11) is 2.18. The summed E-state index contributed by atoms with van der Waals surface area (Å²) in [6.45, 7) is 7.78.